The van der Waals surface area contributed by atoms with Gasteiger partial charge in [-0.1, -0.05) is 18.0 Å². The summed E-state index contributed by atoms with van der Waals surface area (Å²) in [6, 6.07) is 4.68. The molecule has 1 aromatic carbocycles. The predicted octanol–water partition coefficient (Wildman–Crippen LogP) is 3.51. The van der Waals surface area contributed by atoms with Crippen molar-refractivity contribution >= 4 is 29.3 Å². The summed E-state index contributed by atoms with van der Waals surface area (Å²) >= 11 is 5.97. The first kappa shape index (κ1) is 17.4. The minimum absolute atomic E-state index is 0.0210. The number of carbonyl (C=O) groups is 2. The number of carbonyl (C=O) groups excluding carboxylic acids is 1. The molecule has 2 amide bonds. The van der Waals surface area contributed by atoms with Crippen molar-refractivity contribution in [2.24, 2.45) is 5.92 Å². The molecular weight excluding hydrogens is 320 g/mol. The van der Waals surface area contributed by atoms with Gasteiger partial charge in [0.15, 0.2) is 0 Å². The quantitative estimate of drug-likeness (QED) is 0.632. The number of ether oxygens (including phenoxy) is 1. The van der Waals surface area contributed by atoms with Crippen molar-refractivity contribution in [3.8, 4) is 5.75 Å². The van der Waals surface area contributed by atoms with E-state index in [1.807, 2.05) is 0 Å². The summed E-state index contributed by atoms with van der Waals surface area (Å²) in [6.45, 7) is 0.924. The summed E-state index contributed by atoms with van der Waals surface area (Å²) in [6.07, 6.45) is 4.01. The molecule has 1 aromatic rings. The van der Waals surface area contributed by atoms with Gasteiger partial charge in [0.2, 0.25) is 0 Å². The number of hydrogen-bond acceptors (Lipinski definition) is 3. The third-order valence-electron chi connectivity index (χ3n) is 3.74. The zero-order valence-corrected chi connectivity index (χ0v) is 13.6. The highest BCUT2D eigenvalue weighted by molar-refractivity contribution is 6.31. The summed E-state index contributed by atoms with van der Waals surface area (Å²) < 4.78 is 5.78. The van der Waals surface area contributed by atoms with Gasteiger partial charge in [-0.3, -0.25) is 4.79 Å². The lowest BCUT2D eigenvalue weighted by molar-refractivity contribution is -0.137. The van der Waals surface area contributed by atoms with E-state index in [1.165, 1.54) is 19.3 Å². The first-order chi connectivity index (χ1) is 11.0. The molecular formula is C16H21ClN2O4. The molecule has 3 N–H and O–H groups in total. The van der Waals surface area contributed by atoms with Gasteiger partial charge < -0.3 is 20.5 Å². The highest BCUT2D eigenvalue weighted by Crippen LogP contribution is 2.31. The van der Waals surface area contributed by atoms with Gasteiger partial charge in [-0.25, -0.2) is 4.79 Å². The topological polar surface area (TPSA) is 87.7 Å². The Balaban J connectivity index is 1.85. The fourth-order valence-corrected chi connectivity index (χ4v) is 2.37. The number of carboxylic acid groups (broad SMARTS) is 1. The molecule has 0 saturated heterocycles. The van der Waals surface area contributed by atoms with Gasteiger partial charge in [0.1, 0.15) is 5.75 Å². The van der Waals surface area contributed by atoms with Crippen molar-refractivity contribution in [3.05, 3.63) is 23.2 Å². The Hall–Kier alpha value is -1.95. The second kappa shape index (κ2) is 8.62. The normalized spacial score (nSPS) is 14.0. The van der Waals surface area contributed by atoms with Crippen molar-refractivity contribution in [2.45, 2.75) is 32.1 Å². The summed E-state index contributed by atoms with van der Waals surface area (Å²) in [5.74, 6) is 0.291. The molecule has 0 aliphatic heterocycles. The van der Waals surface area contributed by atoms with Crippen LogP contribution >= 0.6 is 11.6 Å². The molecule has 23 heavy (non-hydrogen) atoms. The maximum Gasteiger partial charge on any atom is 0.319 e. The Bertz CT molecular complexity index is 561. The van der Waals surface area contributed by atoms with E-state index in [0.29, 0.717) is 35.4 Å². The lowest BCUT2D eigenvalue weighted by atomic mass is 9.86. The summed E-state index contributed by atoms with van der Waals surface area (Å²) in [5, 5.41) is 14.4. The van der Waals surface area contributed by atoms with E-state index in [1.54, 1.807) is 18.2 Å². The SMILES string of the molecule is O=C(O)CCCNC(=O)Nc1cc(Cl)ccc1OCC1CCC1. The van der Waals surface area contributed by atoms with Crippen LogP contribution in [0.1, 0.15) is 32.1 Å². The molecule has 1 saturated carbocycles. The van der Waals surface area contributed by atoms with Crippen LogP contribution in [0.4, 0.5) is 10.5 Å². The minimum atomic E-state index is -0.881. The molecule has 1 aliphatic rings. The zero-order chi connectivity index (χ0) is 16.7. The maximum absolute atomic E-state index is 11.9. The molecule has 0 unspecified atom stereocenters. The van der Waals surface area contributed by atoms with E-state index in [4.69, 9.17) is 21.4 Å². The number of hydrogen-bond donors (Lipinski definition) is 3. The average molecular weight is 341 g/mol. The number of anilines is 1. The van der Waals surface area contributed by atoms with Gasteiger partial charge in [-0.15, -0.1) is 0 Å². The van der Waals surface area contributed by atoms with Crippen molar-refractivity contribution < 1.29 is 19.4 Å². The Morgan fingerprint density at radius 1 is 1.35 bits per heavy atom. The highest BCUT2D eigenvalue weighted by Gasteiger charge is 2.19. The molecule has 0 bridgehead atoms. The van der Waals surface area contributed by atoms with Crippen LogP contribution in [0, 0.1) is 5.92 Å². The fraction of sp³-hybridized carbons (Fsp3) is 0.500. The predicted molar refractivity (Wildman–Crippen MR) is 88.2 cm³/mol. The summed E-state index contributed by atoms with van der Waals surface area (Å²) in [7, 11) is 0. The third kappa shape index (κ3) is 5.98. The first-order valence-electron chi connectivity index (χ1n) is 7.73. The number of amides is 2. The van der Waals surface area contributed by atoms with Crippen molar-refractivity contribution in [3.63, 3.8) is 0 Å². The monoisotopic (exact) mass is 340 g/mol. The van der Waals surface area contributed by atoms with Crippen molar-refractivity contribution in [2.75, 3.05) is 18.5 Å². The summed E-state index contributed by atoms with van der Waals surface area (Å²) in [4.78, 5) is 22.3. The molecule has 0 heterocycles. The molecule has 0 radical (unpaired) electrons. The molecule has 1 aliphatic carbocycles. The number of nitrogens with one attached hydrogen (secondary N) is 2. The number of urea groups is 1. The standard InChI is InChI=1S/C16H21ClN2O4/c17-12-6-7-14(23-10-11-3-1-4-11)13(9-12)19-16(22)18-8-2-5-15(20)21/h6-7,9,11H,1-5,8,10H2,(H,20,21)(H2,18,19,22). The van der Waals surface area contributed by atoms with E-state index < -0.39 is 12.0 Å². The molecule has 126 valence electrons. The van der Waals surface area contributed by atoms with Crippen LogP contribution in [0.15, 0.2) is 18.2 Å². The summed E-state index contributed by atoms with van der Waals surface area (Å²) in [5.41, 5.74) is 0.507. The van der Waals surface area contributed by atoms with Crippen LogP contribution in [0.3, 0.4) is 0 Å². The Labute approximate surface area is 140 Å². The van der Waals surface area contributed by atoms with E-state index in [9.17, 15) is 9.59 Å². The van der Waals surface area contributed by atoms with Gasteiger partial charge in [0, 0.05) is 18.0 Å². The zero-order valence-electron chi connectivity index (χ0n) is 12.8. The number of halogens is 1. The molecule has 0 spiro atoms. The van der Waals surface area contributed by atoms with Gasteiger partial charge in [-0.2, -0.15) is 0 Å². The first-order valence-corrected chi connectivity index (χ1v) is 8.11. The molecule has 0 aromatic heterocycles. The van der Waals surface area contributed by atoms with Gasteiger partial charge in [-0.05, 0) is 43.4 Å². The average Bonchev–Trinajstić information content (AvgIpc) is 2.44. The highest BCUT2D eigenvalue weighted by atomic mass is 35.5. The number of carboxylic acids is 1. The smallest absolute Gasteiger partial charge is 0.319 e. The molecule has 2 rings (SSSR count). The Morgan fingerprint density at radius 2 is 2.13 bits per heavy atom. The lowest BCUT2D eigenvalue weighted by Gasteiger charge is -2.25. The Morgan fingerprint density at radius 3 is 2.78 bits per heavy atom. The number of benzene rings is 1. The molecule has 7 heteroatoms. The number of rotatable bonds is 8. The van der Waals surface area contributed by atoms with Gasteiger partial charge >= 0.3 is 12.0 Å². The lowest BCUT2D eigenvalue weighted by Crippen LogP contribution is -2.30. The largest absolute Gasteiger partial charge is 0.491 e. The fourth-order valence-electron chi connectivity index (χ4n) is 2.20. The molecule has 1 fully saturated rings. The van der Waals surface area contributed by atoms with E-state index >= 15 is 0 Å². The van der Waals surface area contributed by atoms with Crippen molar-refractivity contribution in [1.82, 2.24) is 5.32 Å². The maximum atomic E-state index is 11.9. The van der Waals surface area contributed by atoms with Crippen LogP contribution in [0.2, 0.25) is 5.02 Å². The van der Waals surface area contributed by atoms with E-state index in [0.717, 1.165) is 0 Å². The van der Waals surface area contributed by atoms with Crippen LogP contribution < -0.4 is 15.4 Å². The van der Waals surface area contributed by atoms with Crippen LogP contribution in [-0.2, 0) is 4.79 Å². The number of aliphatic carboxylic acids is 1. The third-order valence-corrected chi connectivity index (χ3v) is 3.98. The van der Waals surface area contributed by atoms with Crippen LogP contribution in [0.5, 0.6) is 5.75 Å². The van der Waals surface area contributed by atoms with E-state index in [-0.39, 0.29) is 13.0 Å². The minimum Gasteiger partial charge on any atom is -0.491 e. The van der Waals surface area contributed by atoms with E-state index in [2.05, 4.69) is 10.6 Å². The van der Waals surface area contributed by atoms with Crippen LogP contribution in [-0.4, -0.2) is 30.3 Å². The second-order valence-electron chi connectivity index (χ2n) is 5.63. The molecule has 0 atom stereocenters. The van der Waals surface area contributed by atoms with Crippen molar-refractivity contribution in [1.29, 1.82) is 0 Å². The molecule has 6 nitrogen and oxygen atoms in total. The second-order valence-corrected chi connectivity index (χ2v) is 6.06. The van der Waals surface area contributed by atoms with Gasteiger partial charge in [0.05, 0.1) is 12.3 Å². The Kier molecular flexibility index (Phi) is 6.52. The van der Waals surface area contributed by atoms with Crippen LogP contribution in [0.25, 0.3) is 0 Å². The van der Waals surface area contributed by atoms with Gasteiger partial charge in [0.25, 0.3) is 0 Å².